The van der Waals surface area contributed by atoms with Crippen LogP contribution in [0, 0.1) is 122 Å². The highest BCUT2D eigenvalue weighted by Gasteiger charge is 2.52. The molecule has 0 bridgehead atoms. The number of nitrogens with zero attached hydrogens (tertiary/aromatic N) is 1. The summed E-state index contributed by atoms with van der Waals surface area (Å²) in [5, 5.41) is 2.00. The lowest BCUT2D eigenvalue weighted by molar-refractivity contribution is -0.691. The first-order valence-electron chi connectivity index (χ1n) is 19.1. The molecule has 0 amide bonds. The van der Waals surface area contributed by atoms with E-state index >= 15 is 35.1 Å². The van der Waals surface area contributed by atoms with Gasteiger partial charge in [-0.3, -0.25) is 0 Å². The summed E-state index contributed by atoms with van der Waals surface area (Å²) >= 11 is 0. The summed E-state index contributed by atoms with van der Waals surface area (Å²) < 4.78 is 316. The van der Waals surface area contributed by atoms with Gasteiger partial charge in [-0.25, -0.2) is 92.2 Å². The van der Waals surface area contributed by atoms with Gasteiger partial charge in [0.15, 0.2) is 94.1 Å². The highest BCUT2D eigenvalue weighted by Crippen LogP contribution is 2.32. The summed E-state index contributed by atoms with van der Waals surface area (Å²) in [6, 6.07) is 26.6. The molecule has 362 valence electrons. The van der Waals surface area contributed by atoms with Gasteiger partial charge in [0.2, 0.25) is 0 Å². The van der Waals surface area contributed by atoms with Gasteiger partial charge in [0.1, 0.15) is 52.7 Å². The largest absolute Gasteiger partial charge is 0.402 e. The van der Waals surface area contributed by atoms with Gasteiger partial charge in [-0.05, 0) is 23.6 Å². The molecule has 0 aliphatic rings. The fourth-order valence-corrected chi connectivity index (χ4v) is 7.75. The maximum Gasteiger partial charge on any atom is 0.381 e. The molecule has 7 aromatic carbocycles. The number of halogens is 21. The van der Waals surface area contributed by atoms with Gasteiger partial charge in [-0.2, -0.15) is 4.57 Å². The van der Waals surface area contributed by atoms with Crippen molar-refractivity contribution >= 4 is 38.8 Å². The van der Waals surface area contributed by atoms with Crippen LogP contribution < -0.4 is 31.2 Å². The van der Waals surface area contributed by atoms with Gasteiger partial charge in [0.25, 0.3) is 0 Å². The summed E-state index contributed by atoms with van der Waals surface area (Å²) in [4.78, 5) is 0. The second kappa shape index (κ2) is 19.0. The van der Waals surface area contributed by atoms with Crippen LogP contribution in [0.1, 0.15) is 5.56 Å². The number of fused-ring (bicyclic) bond motifs is 1. The van der Waals surface area contributed by atoms with Crippen molar-refractivity contribution in [2.75, 3.05) is 0 Å². The molecule has 1 heterocycles. The standard InChI is InChI=1S/C24BF20.C22H17FNO/c26-5-1(6(27)14(35)21(42)13(5)34)25(2-7(28)15(36)22(43)16(37)8(2)29,3-9(30)17(38)23(44)18(39)10(3)31)4-11(32)19(40)24(45)20(41)12(4)33;23-20-12-6-7-13-21(20)25-22-19-11-5-4-10-18(19)14-15-24(22)16-17-8-2-1-3-9-17/h;1-15H,16H2/q-1;+1. The monoisotopic (exact) mass is 1010 g/mol. The second-order valence-electron chi connectivity index (χ2n) is 14.7. The number of hydrogen-bond donors (Lipinski definition) is 0. The van der Waals surface area contributed by atoms with Crippen LogP contribution in [-0.2, 0) is 6.54 Å². The van der Waals surface area contributed by atoms with Gasteiger partial charge in [0, 0.05) is 11.6 Å². The Morgan fingerprint density at radius 2 is 0.643 bits per heavy atom. The summed E-state index contributed by atoms with van der Waals surface area (Å²) in [6.45, 7) is 0.648. The lowest BCUT2D eigenvalue weighted by atomic mass is 9.12. The zero-order valence-electron chi connectivity index (χ0n) is 33.7. The van der Waals surface area contributed by atoms with Gasteiger partial charge >= 0.3 is 5.88 Å². The molecule has 0 saturated carbocycles. The Labute approximate surface area is 377 Å². The molecule has 0 spiro atoms. The van der Waals surface area contributed by atoms with Crippen molar-refractivity contribution in [1.29, 1.82) is 0 Å². The van der Waals surface area contributed by atoms with E-state index in [0.717, 1.165) is 16.3 Å². The molecular formula is C46H17BF21NO. The van der Waals surface area contributed by atoms with Crippen LogP contribution in [0.4, 0.5) is 92.2 Å². The quantitative estimate of drug-likeness (QED) is 0.0486. The van der Waals surface area contributed by atoms with E-state index in [1.165, 1.54) is 6.07 Å². The van der Waals surface area contributed by atoms with E-state index in [9.17, 15) is 57.1 Å². The Balaban J connectivity index is 0.000000242. The van der Waals surface area contributed by atoms with E-state index in [-0.39, 0.29) is 11.6 Å². The lowest BCUT2D eigenvalue weighted by Crippen LogP contribution is -2.81. The zero-order chi connectivity index (χ0) is 51.4. The van der Waals surface area contributed by atoms with Crippen LogP contribution in [-0.4, -0.2) is 6.15 Å². The highest BCUT2D eigenvalue weighted by molar-refractivity contribution is 7.20. The van der Waals surface area contributed by atoms with E-state index in [1.807, 2.05) is 59.3 Å². The van der Waals surface area contributed by atoms with Crippen LogP contribution in [0.5, 0.6) is 11.6 Å². The number of para-hydroxylation sites is 1. The van der Waals surface area contributed by atoms with Crippen molar-refractivity contribution in [1.82, 2.24) is 0 Å². The molecule has 8 rings (SSSR count). The number of aromatic nitrogens is 1. The molecule has 0 N–H and O–H groups in total. The summed E-state index contributed by atoms with van der Waals surface area (Å²) in [7, 11) is 0. The van der Waals surface area contributed by atoms with Crippen LogP contribution in [0.25, 0.3) is 10.8 Å². The third-order valence-electron chi connectivity index (χ3n) is 10.8. The predicted molar refractivity (Wildman–Crippen MR) is 205 cm³/mol. The lowest BCUT2D eigenvalue weighted by Gasteiger charge is -2.44. The van der Waals surface area contributed by atoms with Crippen molar-refractivity contribution < 1.29 is 102 Å². The summed E-state index contributed by atoms with van der Waals surface area (Å²) in [5.41, 5.74) is -13.2. The molecule has 0 saturated heterocycles. The zero-order valence-corrected chi connectivity index (χ0v) is 33.7. The molecule has 0 unspecified atom stereocenters. The maximum absolute atomic E-state index is 15.4. The normalized spacial score (nSPS) is 11.6. The van der Waals surface area contributed by atoms with Crippen molar-refractivity contribution in [2.45, 2.75) is 6.54 Å². The molecule has 24 heteroatoms. The summed E-state index contributed by atoms with van der Waals surface area (Å²) in [5.74, 6) is -70.9. The molecule has 70 heavy (non-hydrogen) atoms. The van der Waals surface area contributed by atoms with E-state index in [0.29, 0.717) is 12.4 Å². The number of rotatable bonds is 8. The van der Waals surface area contributed by atoms with Gasteiger partial charge in [-0.15, -0.1) is 21.9 Å². The van der Waals surface area contributed by atoms with Crippen molar-refractivity contribution in [3.05, 3.63) is 219 Å². The molecule has 8 aromatic rings. The van der Waals surface area contributed by atoms with Crippen LogP contribution in [0.2, 0.25) is 0 Å². The highest BCUT2D eigenvalue weighted by atomic mass is 19.2. The minimum absolute atomic E-state index is 0.223. The minimum atomic E-state index is -7.22. The molecule has 0 aliphatic carbocycles. The van der Waals surface area contributed by atoms with Crippen molar-refractivity contribution in [3.8, 4) is 11.6 Å². The van der Waals surface area contributed by atoms with E-state index in [1.54, 1.807) is 18.2 Å². The Hall–Kier alpha value is -7.66. The van der Waals surface area contributed by atoms with Gasteiger partial charge in [-0.1, -0.05) is 60.7 Å². The Bertz CT molecular complexity index is 3030. The second-order valence-corrected chi connectivity index (χ2v) is 14.7. The Kier molecular flexibility index (Phi) is 13.7. The van der Waals surface area contributed by atoms with Crippen LogP contribution in [0.15, 0.2) is 91.1 Å². The minimum Gasteiger partial charge on any atom is -0.402 e. The van der Waals surface area contributed by atoms with Gasteiger partial charge < -0.3 is 4.74 Å². The average Bonchev–Trinajstić information content (AvgIpc) is 3.35. The first-order valence-corrected chi connectivity index (χ1v) is 19.1. The number of hydrogen-bond acceptors (Lipinski definition) is 1. The topological polar surface area (TPSA) is 13.1 Å². The Morgan fingerprint density at radius 3 is 1.01 bits per heavy atom. The SMILES string of the molecule is Fc1c(F)c(F)c([B-](c2c(F)c(F)c(F)c(F)c2F)(c2c(F)c(F)c(F)c(F)c2F)c2c(F)c(F)c(F)c(F)c2F)c(F)c1F.Fc1ccccc1Oc1c2ccccc2cc[n+]1Cc1ccccc1. The maximum atomic E-state index is 15.4. The molecule has 0 radical (unpaired) electrons. The fraction of sp³-hybridized carbons (Fsp3) is 0.0217. The number of benzene rings is 7. The first-order chi connectivity index (χ1) is 33.0. The van der Waals surface area contributed by atoms with Gasteiger partial charge in [0.05, 0.1) is 5.39 Å². The molecule has 0 fully saturated rings. The van der Waals surface area contributed by atoms with E-state index in [2.05, 4.69) is 12.1 Å². The van der Waals surface area contributed by atoms with Crippen molar-refractivity contribution in [2.24, 2.45) is 0 Å². The van der Waals surface area contributed by atoms with Crippen LogP contribution >= 0.6 is 0 Å². The van der Waals surface area contributed by atoms with E-state index < -0.39 is 144 Å². The molecule has 0 aliphatic heterocycles. The number of ether oxygens (including phenoxy) is 1. The molecule has 1 aromatic heterocycles. The smallest absolute Gasteiger partial charge is 0.381 e. The predicted octanol–water partition coefficient (Wildman–Crippen LogP) is 11.0. The fourth-order valence-electron chi connectivity index (χ4n) is 7.75. The molecule has 2 nitrogen and oxygen atoms in total. The van der Waals surface area contributed by atoms with Crippen LogP contribution in [0.3, 0.4) is 0 Å². The number of pyridine rings is 1. The third kappa shape index (κ3) is 7.97. The molecule has 0 atom stereocenters. The molecular weight excluding hydrogens is 992 g/mol. The van der Waals surface area contributed by atoms with Crippen molar-refractivity contribution in [3.63, 3.8) is 0 Å². The summed E-state index contributed by atoms with van der Waals surface area (Å²) in [6.07, 6.45) is -5.24. The Morgan fingerprint density at radius 1 is 0.329 bits per heavy atom. The van der Waals surface area contributed by atoms with E-state index in [4.69, 9.17) is 4.74 Å². The first kappa shape index (κ1) is 50.2. The average molecular weight is 1010 g/mol. The third-order valence-corrected chi connectivity index (χ3v) is 10.8.